The number of nitrogens with zero attached hydrogens (tertiary/aromatic N) is 3. The van der Waals surface area contributed by atoms with Crippen molar-refractivity contribution in [3.05, 3.63) is 99.5 Å². The maximum atomic E-state index is 13.2. The second-order valence-electron chi connectivity index (χ2n) is 10.6. The molecule has 2 aliphatic heterocycles. The van der Waals surface area contributed by atoms with Crippen LogP contribution in [0, 0.1) is 0 Å². The zero-order chi connectivity index (χ0) is 28.7. The number of sulfone groups is 1. The van der Waals surface area contributed by atoms with Crippen molar-refractivity contribution in [2.75, 3.05) is 50.4 Å². The molecule has 5 rings (SSSR count). The Labute approximate surface area is 244 Å². The molecule has 2 fully saturated rings. The smallest absolute Gasteiger partial charge is 0.407 e. The van der Waals surface area contributed by atoms with Gasteiger partial charge in [0.2, 0.25) is 0 Å². The standard InChI is InChI=1S/C29H31Cl2N3O5S/c1-40(38,39)27(22-3-2-4-25(17-22)32-13-15-33(16-14-32)28(35)36)29(37)18-34(19-29)26(20-5-9-23(30)10-6-20)21-7-11-24(31)12-8-21/h2-12,17,26-27,37H,13-16,18-19H2,1H3,(H,35,36). The van der Waals surface area contributed by atoms with Gasteiger partial charge in [-0.25, -0.2) is 13.2 Å². The van der Waals surface area contributed by atoms with Crippen LogP contribution in [0.25, 0.3) is 0 Å². The van der Waals surface area contributed by atoms with Crippen molar-refractivity contribution in [1.29, 1.82) is 0 Å². The quantitative estimate of drug-likeness (QED) is 0.403. The van der Waals surface area contributed by atoms with Crippen LogP contribution in [0.15, 0.2) is 72.8 Å². The fourth-order valence-electron chi connectivity index (χ4n) is 5.91. The first-order valence-corrected chi connectivity index (χ1v) is 15.6. The van der Waals surface area contributed by atoms with Crippen LogP contribution >= 0.6 is 23.2 Å². The maximum Gasteiger partial charge on any atom is 0.407 e. The highest BCUT2D eigenvalue weighted by molar-refractivity contribution is 7.91. The number of hydrogen-bond donors (Lipinski definition) is 2. The van der Waals surface area contributed by atoms with E-state index in [9.17, 15) is 23.4 Å². The number of rotatable bonds is 7. The normalized spacial score (nSPS) is 18.4. The Bertz CT molecular complexity index is 1420. The summed E-state index contributed by atoms with van der Waals surface area (Å²) in [6, 6.07) is 22.0. The van der Waals surface area contributed by atoms with E-state index >= 15 is 0 Å². The Morgan fingerprint density at radius 1 is 0.850 bits per heavy atom. The van der Waals surface area contributed by atoms with Crippen molar-refractivity contribution < 1.29 is 23.4 Å². The molecule has 0 radical (unpaired) electrons. The second-order valence-corrected chi connectivity index (χ2v) is 13.6. The molecular formula is C29H31Cl2N3O5S. The van der Waals surface area contributed by atoms with Crippen LogP contribution in [0.2, 0.25) is 10.0 Å². The SMILES string of the molecule is CS(=O)(=O)C(c1cccc(N2CCN(C(=O)O)CC2)c1)C1(O)CN(C(c2ccc(Cl)cc2)c2ccc(Cl)cc2)C1. The molecule has 0 aliphatic carbocycles. The largest absolute Gasteiger partial charge is 0.465 e. The van der Waals surface area contributed by atoms with Gasteiger partial charge in [0.15, 0.2) is 9.84 Å². The number of benzene rings is 3. The molecule has 1 atom stereocenters. The summed E-state index contributed by atoms with van der Waals surface area (Å²) in [7, 11) is -3.71. The number of carboxylic acid groups (broad SMARTS) is 1. The summed E-state index contributed by atoms with van der Waals surface area (Å²) in [6.07, 6.45) is 0.213. The highest BCUT2D eigenvalue weighted by Crippen LogP contribution is 2.45. The van der Waals surface area contributed by atoms with Crippen LogP contribution < -0.4 is 4.90 Å². The number of aliphatic hydroxyl groups is 1. The maximum absolute atomic E-state index is 13.2. The molecule has 0 spiro atoms. The number of halogens is 2. The predicted octanol–water partition coefficient (Wildman–Crippen LogP) is 4.72. The Morgan fingerprint density at radius 3 is 1.85 bits per heavy atom. The number of anilines is 1. The van der Waals surface area contributed by atoms with Crippen molar-refractivity contribution in [1.82, 2.24) is 9.80 Å². The van der Waals surface area contributed by atoms with E-state index in [4.69, 9.17) is 23.2 Å². The minimum Gasteiger partial charge on any atom is -0.465 e. The highest BCUT2D eigenvalue weighted by atomic mass is 35.5. The van der Waals surface area contributed by atoms with Crippen molar-refractivity contribution in [3.8, 4) is 0 Å². The van der Waals surface area contributed by atoms with Gasteiger partial charge in [0.25, 0.3) is 0 Å². The number of likely N-dealkylation sites (tertiary alicyclic amines) is 1. The molecule has 2 aliphatic rings. The van der Waals surface area contributed by atoms with Crippen LogP contribution in [0.3, 0.4) is 0 Å². The van der Waals surface area contributed by atoms with E-state index in [1.54, 1.807) is 18.2 Å². The number of hydrogen-bond acceptors (Lipinski definition) is 6. The van der Waals surface area contributed by atoms with Gasteiger partial charge in [-0.15, -0.1) is 0 Å². The first-order valence-electron chi connectivity index (χ1n) is 12.9. The summed E-state index contributed by atoms with van der Waals surface area (Å²) in [6.45, 7) is 2.02. The Morgan fingerprint density at radius 2 is 1.38 bits per heavy atom. The minimum atomic E-state index is -3.71. The van der Waals surface area contributed by atoms with Crippen LogP contribution in [0.4, 0.5) is 10.5 Å². The third-order valence-electron chi connectivity index (χ3n) is 7.69. The van der Waals surface area contributed by atoms with Gasteiger partial charge >= 0.3 is 6.09 Å². The predicted molar refractivity (Wildman–Crippen MR) is 157 cm³/mol. The molecule has 0 bridgehead atoms. The lowest BCUT2D eigenvalue weighted by Crippen LogP contribution is -2.66. The molecule has 212 valence electrons. The Kier molecular flexibility index (Phi) is 8.05. The summed E-state index contributed by atoms with van der Waals surface area (Å²) in [5, 5.41) is 21.2. The lowest BCUT2D eigenvalue weighted by atomic mass is 9.82. The van der Waals surface area contributed by atoms with Gasteiger partial charge in [-0.2, -0.15) is 0 Å². The molecule has 2 saturated heterocycles. The zero-order valence-corrected chi connectivity index (χ0v) is 24.3. The van der Waals surface area contributed by atoms with E-state index in [1.165, 1.54) is 4.90 Å². The van der Waals surface area contributed by atoms with Crippen LogP contribution in [-0.2, 0) is 9.84 Å². The Balaban J connectivity index is 1.42. The van der Waals surface area contributed by atoms with Crippen molar-refractivity contribution in [2.24, 2.45) is 0 Å². The number of carbonyl (C=O) groups is 1. The van der Waals surface area contributed by atoms with E-state index in [0.717, 1.165) is 23.1 Å². The number of amides is 1. The third kappa shape index (κ3) is 5.94. The minimum absolute atomic E-state index is 0.141. The monoisotopic (exact) mass is 603 g/mol. The van der Waals surface area contributed by atoms with Gasteiger partial charge in [-0.1, -0.05) is 59.6 Å². The van der Waals surface area contributed by atoms with Gasteiger partial charge in [0.05, 0.1) is 6.04 Å². The fraction of sp³-hybridized carbons (Fsp3) is 0.345. The molecule has 8 nitrogen and oxygen atoms in total. The summed E-state index contributed by atoms with van der Waals surface area (Å²) in [5.41, 5.74) is 1.73. The first kappa shape index (κ1) is 28.7. The van der Waals surface area contributed by atoms with Gasteiger partial charge in [0.1, 0.15) is 10.9 Å². The second kappa shape index (κ2) is 11.2. The summed E-state index contributed by atoms with van der Waals surface area (Å²) in [5.74, 6) is 0. The van der Waals surface area contributed by atoms with E-state index in [-0.39, 0.29) is 19.1 Å². The van der Waals surface area contributed by atoms with Crippen LogP contribution in [0.5, 0.6) is 0 Å². The Hall–Kier alpha value is -2.82. The average Bonchev–Trinajstić information content (AvgIpc) is 2.89. The highest BCUT2D eigenvalue weighted by Gasteiger charge is 2.54. The van der Waals surface area contributed by atoms with E-state index in [0.29, 0.717) is 41.8 Å². The first-order chi connectivity index (χ1) is 18.9. The molecule has 1 amide bonds. The van der Waals surface area contributed by atoms with Crippen LogP contribution in [-0.4, -0.2) is 85.6 Å². The molecule has 40 heavy (non-hydrogen) atoms. The molecule has 3 aromatic carbocycles. The molecule has 0 saturated carbocycles. The molecule has 2 N–H and O–H groups in total. The van der Waals surface area contributed by atoms with Crippen LogP contribution in [0.1, 0.15) is 28.0 Å². The van der Waals surface area contributed by atoms with Gasteiger partial charge in [-0.3, -0.25) is 4.90 Å². The number of piperazine rings is 1. The van der Waals surface area contributed by atoms with E-state index in [1.807, 2.05) is 59.5 Å². The lowest BCUT2D eigenvalue weighted by Gasteiger charge is -2.53. The van der Waals surface area contributed by atoms with E-state index < -0.39 is 26.8 Å². The average molecular weight is 605 g/mol. The van der Waals surface area contributed by atoms with E-state index in [2.05, 4.69) is 4.90 Å². The van der Waals surface area contributed by atoms with Gasteiger partial charge < -0.3 is 20.0 Å². The third-order valence-corrected chi connectivity index (χ3v) is 9.77. The summed E-state index contributed by atoms with van der Waals surface area (Å²) >= 11 is 12.3. The lowest BCUT2D eigenvalue weighted by molar-refractivity contribution is -0.112. The van der Waals surface area contributed by atoms with Crippen molar-refractivity contribution in [2.45, 2.75) is 16.9 Å². The molecule has 0 aromatic heterocycles. The summed E-state index contributed by atoms with van der Waals surface area (Å²) < 4.78 is 26.3. The summed E-state index contributed by atoms with van der Waals surface area (Å²) in [4.78, 5) is 16.7. The van der Waals surface area contributed by atoms with Gasteiger partial charge in [-0.05, 0) is 53.1 Å². The van der Waals surface area contributed by atoms with Crippen molar-refractivity contribution in [3.63, 3.8) is 0 Å². The van der Waals surface area contributed by atoms with Gasteiger partial charge in [0, 0.05) is 61.3 Å². The molecular weight excluding hydrogens is 573 g/mol. The molecule has 3 aromatic rings. The number of β-amino-alcohol motifs (C(OH)–C–C–N with tert-alkyl or cyclic N) is 1. The molecule has 2 heterocycles. The fourth-order valence-corrected chi connectivity index (χ4v) is 7.75. The van der Waals surface area contributed by atoms with Crippen molar-refractivity contribution >= 4 is 44.8 Å². The zero-order valence-electron chi connectivity index (χ0n) is 22.0. The molecule has 11 heteroatoms. The topological polar surface area (TPSA) is 101 Å². The molecule has 1 unspecified atom stereocenters.